The first-order valence-corrected chi connectivity index (χ1v) is 5.80. The Hall–Kier alpha value is 1.88. The Balaban J connectivity index is -0.0000000600. The minimum atomic E-state index is -0.171. The largest absolute Gasteiger partial charge is 2.00 e. The first-order valence-electron chi connectivity index (χ1n) is 3.35. The smallest absolute Gasteiger partial charge is 1.00 e. The Morgan fingerprint density at radius 3 is 1.00 bits per heavy atom. The van der Waals surface area contributed by atoms with Crippen LogP contribution >= 0.6 is 0 Å². The van der Waals surface area contributed by atoms with Crippen LogP contribution in [0, 0.1) is 0 Å². The Morgan fingerprint density at radius 2 is 1.00 bits per heavy atom. The maximum atomic E-state index is 2.32. The van der Waals surface area contributed by atoms with E-state index in [2.05, 4.69) is 20.8 Å². The second-order valence-electron chi connectivity index (χ2n) is 2.09. The van der Waals surface area contributed by atoms with Crippen LogP contribution in [0.15, 0.2) is 0 Å². The molecule has 0 amide bonds. The summed E-state index contributed by atoms with van der Waals surface area (Å²) < 4.78 is 0. The second kappa shape index (κ2) is 17.1. The minimum absolute atomic E-state index is 0. The van der Waals surface area contributed by atoms with E-state index in [0.717, 1.165) is 0 Å². The summed E-state index contributed by atoms with van der Waals surface area (Å²) in [4.78, 5) is 0. The van der Waals surface area contributed by atoms with Gasteiger partial charge in [-0.15, -0.1) is 0 Å². The van der Waals surface area contributed by atoms with Crippen LogP contribution in [-0.4, -0.2) is 37.2 Å². The Kier molecular flexibility index (Phi) is 38.7. The zero-order chi connectivity index (χ0) is 5.70. The average molecular weight is 209 g/mol. The quantitative estimate of drug-likeness (QED) is 0.418. The van der Waals surface area contributed by atoms with E-state index in [1.54, 1.807) is 0 Å². The molecule has 0 bridgehead atoms. The van der Waals surface area contributed by atoms with Crippen molar-refractivity contribution in [2.24, 2.45) is 0 Å². The van der Waals surface area contributed by atoms with Crippen molar-refractivity contribution >= 4 is 37.2 Å². The van der Waals surface area contributed by atoms with Crippen LogP contribution in [0.2, 0.25) is 15.8 Å². The van der Waals surface area contributed by atoms with E-state index in [9.17, 15) is 0 Å². The SMILES string of the molecule is C[CH2][Al]([CH2]C)[CH2]C.[Cl-].[Cl-].[Mg+2]. The van der Waals surface area contributed by atoms with Gasteiger partial charge in [-0.1, -0.05) is 36.6 Å². The van der Waals surface area contributed by atoms with Gasteiger partial charge in [-0.2, -0.15) is 0 Å². The van der Waals surface area contributed by atoms with E-state index in [1.807, 2.05) is 0 Å². The van der Waals surface area contributed by atoms with Gasteiger partial charge in [0.2, 0.25) is 0 Å². The molecule has 0 N–H and O–H groups in total. The fourth-order valence-electron chi connectivity index (χ4n) is 0.866. The molecule has 0 atom stereocenters. The Morgan fingerprint density at radius 1 is 0.800 bits per heavy atom. The summed E-state index contributed by atoms with van der Waals surface area (Å²) in [7, 11) is 0. The van der Waals surface area contributed by atoms with Crippen molar-refractivity contribution in [1.82, 2.24) is 0 Å². The summed E-state index contributed by atoms with van der Waals surface area (Å²) >= 11 is -0.171. The number of hydrogen-bond donors (Lipinski definition) is 0. The predicted octanol–water partition coefficient (Wildman–Crippen LogP) is -3.83. The van der Waals surface area contributed by atoms with Crippen LogP contribution in [-0.2, 0) is 0 Å². The zero-order valence-electron chi connectivity index (χ0n) is 7.16. The van der Waals surface area contributed by atoms with Crippen LogP contribution in [0.3, 0.4) is 0 Å². The molecule has 0 saturated carbocycles. The van der Waals surface area contributed by atoms with Crippen LogP contribution < -0.4 is 24.8 Å². The van der Waals surface area contributed by atoms with Crippen LogP contribution in [0.4, 0.5) is 0 Å². The van der Waals surface area contributed by atoms with Gasteiger partial charge in [-0.25, -0.2) is 0 Å². The van der Waals surface area contributed by atoms with Crippen molar-refractivity contribution in [2.45, 2.75) is 36.6 Å². The molecule has 10 heavy (non-hydrogen) atoms. The third-order valence-electron chi connectivity index (χ3n) is 1.73. The molecule has 0 aliphatic carbocycles. The fourth-order valence-corrected chi connectivity index (χ4v) is 2.60. The fraction of sp³-hybridized carbons (Fsp3) is 1.00. The van der Waals surface area contributed by atoms with Crippen LogP contribution in [0.25, 0.3) is 0 Å². The minimum Gasteiger partial charge on any atom is -1.00 e. The topological polar surface area (TPSA) is 0 Å². The van der Waals surface area contributed by atoms with E-state index < -0.39 is 0 Å². The third kappa shape index (κ3) is 12.5. The van der Waals surface area contributed by atoms with Crippen LogP contribution in [0.5, 0.6) is 0 Å². The standard InChI is InChI=1S/3C2H5.Al.2ClH.Mg/c3*1-2;;;;/h3*1H2,2H3;;2*1H;/q;;;;;;+2/p-2. The molecule has 0 radical (unpaired) electrons. The normalized spacial score (nSPS) is 6.30. The summed E-state index contributed by atoms with van der Waals surface area (Å²) in [5.74, 6) is 0. The molecule has 0 aromatic rings. The summed E-state index contributed by atoms with van der Waals surface area (Å²) in [6.07, 6.45) is 0. The van der Waals surface area contributed by atoms with Gasteiger partial charge >= 0.3 is 23.1 Å². The molecule has 0 aromatic heterocycles. The molecule has 0 heterocycles. The maximum absolute atomic E-state index is 2.32. The monoisotopic (exact) mass is 208 g/mol. The van der Waals surface area contributed by atoms with Crippen LogP contribution in [0.1, 0.15) is 20.8 Å². The summed E-state index contributed by atoms with van der Waals surface area (Å²) in [5.41, 5.74) is 0. The molecule has 0 nitrogen and oxygen atoms in total. The first-order chi connectivity index (χ1) is 3.35. The van der Waals surface area contributed by atoms with Crippen molar-refractivity contribution in [2.75, 3.05) is 0 Å². The molecule has 58 valence electrons. The number of halogens is 2. The molecule has 0 aliphatic rings. The van der Waals surface area contributed by atoms with Gasteiger partial charge < -0.3 is 24.8 Å². The Labute approximate surface area is 97.9 Å². The molecular formula is C6H15AlCl2Mg. The van der Waals surface area contributed by atoms with Crippen molar-refractivity contribution < 1.29 is 24.8 Å². The van der Waals surface area contributed by atoms with Gasteiger partial charge in [0.15, 0.2) is 0 Å². The van der Waals surface area contributed by atoms with Gasteiger partial charge in [-0.3, -0.25) is 0 Å². The van der Waals surface area contributed by atoms with E-state index in [-0.39, 0.29) is 62.0 Å². The van der Waals surface area contributed by atoms with Crippen molar-refractivity contribution in [3.05, 3.63) is 0 Å². The van der Waals surface area contributed by atoms with E-state index in [0.29, 0.717) is 0 Å². The Bertz CT molecular complexity index is 37.2. The maximum Gasteiger partial charge on any atom is 2.00 e. The van der Waals surface area contributed by atoms with E-state index in [1.165, 1.54) is 15.8 Å². The predicted molar refractivity (Wildman–Crippen MR) is 43.0 cm³/mol. The third-order valence-corrected chi connectivity index (χ3v) is 5.20. The summed E-state index contributed by atoms with van der Waals surface area (Å²) in [6.45, 7) is 6.97. The second-order valence-corrected chi connectivity index (χ2v) is 6.27. The molecule has 0 aliphatic heterocycles. The van der Waals surface area contributed by atoms with Gasteiger partial charge in [0.05, 0.1) is 0 Å². The molecule has 0 aromatic carbocycles. The molecule has 4 heteroatoms. The molecule has 0 unspecified atom stereocenters. The van der Waals surface area contributed by atoms with Gasteiger partial charge in [0.1, 0.15) is 0 Å². The number of rotatable bonds is 3. The van der Waals surface area contributed by atoms with Crippen molar-refractivity contribution in [3.8, 4) is 0 Å². The molecule has 0 saturated heterocycles. The van der Waals surface area contributed by atoms with E-state index in [4.69, 9.17) is 0 Å². The molecule has 0 spiro atoms. The van der Waals surface area contributed by atoms with Gasteiger partial charge in [-0.05, 0) is 0 Å². The molecular weight excluding hydrogens is 194 g/mol. The summed E-state index contributed by atoms with van der Waals surface area (Å²) in [6, 6.07) is 0. The van der Waals surface area contributed by atoms with Gasteiger partial charge in [0.25, 0.3) is 14.1 Å². The van der Waals surface area contributed by atoms with Crippen molar-refractivity contribution in [3.63, 3.8) is 0 Å². The first kappa shape index (κ1) is 22.6. The zero-order valence-corrected chi connectivity index (χ0v) is 11.2. The molecule has 0 rings (SSSR count). The molecule has 0 fully saturated rings. The van der Waals surface area contributed by atoms with E-state index >= 15 is 0 Å². The average Bonchev–Trinajstić information content (AvgIpc) is 1.72. The van der Waals surface area contributed by atoms with Gasteiger partial charge in [0, 0.05) is 0 Å². The van der Waals surface area contributed by atoms with Crippen molar-refractivity contribution in [1.29, 1.82) is 0 Å². The summed E-state index contributed by atoms with van der Waals surface area (Å²) in [5, 5.41) is 4.48. The number of hydrogen-bond acceptors (Lipinski definition) is 0.